The molecule has 158 valence electrons. The second kappa shape index (κ2) is 8.18. The molecule has 1 aliphatic rings. The summed E-state index contributed by atoms with van der Waals surface area (Å²) in [6.07, 6.45) is 5.52. The lowest BCUT2D eigenvalue weighted by atomic mass is 9.95. The third kappa shape index (κ3) is 4.45. The summed E-state index contributed by atoms with van der Waals surface area (Å²) in [5.74, 6) is 1.60. The Bertz CT molecular complexity index is 1030. The molecule has 1 aromatic heterocycles. The van der Waals surface area contributed by atoms with E-state index in [1.165, 1.54) is 0 Å². The van der Waals surface area contributed by atoms with Crippen LogP contribution in [-0.2, 0) is 4.79 Å². The number of hydrogen-bond acceptors (Lipinski definition) is 5. The average Bonchev–Trinajstić information content (AvgIpc) is 3.05. The highest BCUT2D eigenvalue weighted by atomic mass is 16.2. The van der Waals surface area contributed by atoms with Gasteiger partial charge in [-0.3, -0.25) is 9.36 Å². The maximum atomic E-state index is 12.5. The molecular formula is C23H30N6O. The molecular weight excluding hydrogens is 376 g/mol. The summed E-state index contributed by atoms with van der Waals surface area (Å²) in [5, 5.41) is 15.3. The van der Waals surface area contributed by atoms with Gasteiger partial charge in [-0.1, -0.05) is 46.4 Å². The average molecular weight is 407 g/mol. The number of rotatable bonds is 4. The van der Waals surface area contributed by atoms with Crippen LogP contribution >= 0.6 is 0 Å². The van der Waals surface area contributed by atoms with Gasteiger partial charge in [0.05, 0.1) is 11.4 Å². The number of hydrogen-bond donors (Lipinski definition) is 3. The molecule has 7 nitrogen and oxygen atoms in total. The van der Waals surface area contributed by atoms with E-state index in [0.717, 1.165) is 35.0 Å². The summed E-state index contributed by atoms with van der Waals surface area (Å²) in [5.41, 5.74) is 9.19. The molecule has 1 atom stereocenters. The first-order valence-corrected chi connectivity index (χ1v) is 10.0. The molecule has 0 radical (unpaired) electrons. The van der Waals surface area contributed by atoms with Gasteiger partial charge >= 0.3 is 0 Å². The molecule has 0 bridgehead atoms. The number of allylic oxidation sites excluding steroid dienone is 5. The number of aromatic nitrogens is 3. The number of nitrogens with zero attached hydrogens (tertiary/aromatic N) is 3. The van der Waals surface area contributed by atoms with Gasteiger partial charge in [-0.05, 0) is 31.2 Å². The molecule has 2 aromatic rings. The standard InChI is InChI=1S/C23H30N6O/c1-14(8-7-9-16(3)24)20-27-28-21-15(2)13-25-18-11-10-17(12-19(18)29(20)21)26-22(30)23(4,5)6/h7-12,15,25H,1,13,24H2,2-6H3,(H,26,30)/b8-7-,16-9-. The zero-order chi connectivity index (χ0) is 22.1. The Hall–Kier alpha value is -3.35. The van der Waals surface area contributed by atoms with Gasteiger partial charge in [0.25, 0.3) is 0 Å². The Balaban J connectivity index is 2.07. The molecule has 0 aliphatic carbocycles. The second-order valence-electron chi connectivity index (χ2n) is 8.73. The van der Waals surface area contributed by atoms with Gasteiger partial charge < -0.3 is 16.4 Å². The SMILES string of the molecule is C=C(/C=C\C=C(\C)N)c1nnc2n1-c1cc(NC(=O)C(C)(C)C)ccc1NCC2C. The van der Waals surface area contributed by atoms with E-state index in [1.807, 2.05) is 68.7 Å². The minimum Gasteiger partial charge on any atom is -0.402 e. The summed E-state index contributed by atoms with van der Waals surface area (Å²) in [7, 11) is 0. The van der Waals surface area contributed by atoms with Crippen LogP contribution in [0.25, 0.3) is 11.3 Å². The van der Waals surface area contributed by atoms with Gasteiger partial charge in [-0.25, -0.2) is 0 Å². The molecule has 1 aromatic carbocycles. The second-order valence-corrected chi connectivity index (χ2v) is 8.73. The molecule has 0 spiro atoms. The number of nitrogens with two attached hydrogens (primary N) is 1. The van der Waals surface area contributed by atoms with Crippen LogP contribution in [0.15, 0.2) is 48.7 Å². The van der Waals surface area contributed by atoms with Crippen LogP contribution in [0.2, 0.25) is 0 Å². The Labute approximate surface area is 177 Å². The Morgan fingerprint density at radius 2 is 2.10 bits per heavy atom. The predicted octanol–water partition coefficient (Wildman–Crippen LogP) is 4.21. The van der Waals surface area contributed by atoms with E-state index in [-0.39, 0.29) is 11.8 Å². The highest BCUT2D eigenvalue weighted by Gasteiger charge is 2.26. The Morgan fingerprint density at radius 3 is 2.77 bits per heavy atom. The normalized spacial score (nSPS) is 16.4. The number of nitrogens with one attached hydrogen (secondary N) is 2. The van der Waals surface area contributed by atoms with E-state index >= 15 is 0 Å². The maximum Gasteiger partial charge on any atom is 0.229 e. The van der Waals surface area contributed by atoms with Crippen LogP contribution in [-0.4, -0.2) is 27.2 Å². The predicted molar refractivity (Wildman–Crippen MR) is 122 cm³/mol. The summed E-state index contributed by atoms with van der Waals surface area (Å²) in [6.45, 7) is 14.5. The molecule has 1 amide bonds. The molecule has 30 heavy (non-hydrogen) atoms. The number of anilines is 2. The topological polar surface area (TPSA) is 97.9 Å². The van der Waals surface area contributed by atoms with Crippen molar-refractivity contribution in [1.82, 2.24) is 14.8 Å². The molecule has 0 saturated carbocycles. The van der Waals surface area contributed by atoms with Crippen molar-refractivity contribution in [3.8, 4) is 5.69 Å². The van der Waals surface area contributed by atoms with E-state index in [4.69, 9.17) is 5.73 Å². The third-order valence-electron chi connectivity index (χ3n) is 4.85. The maximum absolute atomic E-state index is 12.5. The summed E-state index contributed by atoms with van der Waals surface area (Å²) >= 11 is 0. The first kappa shape index (κ1) is 21.4. The van der Waals surface area contributed by atoms with E-state index in [0.29, 0.717) is 11.5 Å². The highest BCUT2D eigenvalue weighted by molar-refractivity contribution is 5.95. The molecule has 7 heteroatoms. The van der Waals surface area contributed by atoms with Crippen LogP contribution in [0.1, 0.15) is 52.2 Å². The summed E-state index contributed by atoms with van der Waals surface area (Å²) < 4.78 is 2.01. The van der Waals surface area contributed by atoms with Crippen molar-refractivity contribution in [2.45, 2.75) is 40.5 Å². The van der Waals surface area contributed by atoms with Gasteiger partial charge in [0.2, 0.25) is 5.91 Å². The largest absolute Gasteiger partial charge is 0.402 e. The Kier molecular flexibility index (Phi) is 5.82. The lowest BCUT2D eigenvalue weighted by Gasteiger charge is -2.19. The van der Waals surface area contributed by atoms with Crippen molar-refractivity contribution in [3.05, 3.63) is 60.4 Å². The fourth-order valence-corrected chi connectivity index (χ4v) is 3.07. The molecule has 0 saturated heterocycles. The molecule has 3 rings (SSSR count). The zero-order valence-electron chi connectivity index (χ0n) is 18.3. The van der Waals surface area contributed by atoms with Crippen molar-refractivity contribution >= 4 is 22.9 Å². The van der Waals surface area contributed by atoms with Gasteiger partial charge in [-0.15, -0.1) is 10.2 Å². The monoisotopic (exact) mass is 406 g/mol. The summed E-state index contributed by atoms with van der Waals surface area (Å²) in [6, 6.07) is 5.82. The number of carbonyl (C=O) groups excluding carboxylic acids is 1. The van der Waals surface area contributed by atoms with Crippen LogP contribution in [0.5, 0.6) is 0 Å². The Morgan fingerprint density at radius 1 is 1.37 bits per heavy atom. The lowest BCUT2D eigenvalue weighted by molar-refractivity contribution is -0.123. The van der Waals surface area contributed by atoms with Gasteiger partial charge in [0, 0.05) is 34.8 Å². The van der Waals surface area contributed by atoms with E-state index in [2.05, 4.69) is 34.3 Å². The van der Waals surface area contributed by atoms with Crippen molar-refractivity contribution in [2.24, 2.45) is 11.1 Å². The van der Waals surface area contributed by atoms with Crippen molar-refractivity contribution in [2.75, 3.05) is 17.2 Å². The third-order valence-corrected chi connectivity index (χ3v) is 4.85. The number of amides is 1. The van der Waals surface area contributed by atoms with Crippen LogP contribution in [0.4, 0.5) is 11.4 Å². The smallest absolute Gasteiger partial charge is 0.229 e. The molecule has 1 aliphatic heterocycles. The van der Waals surface area contributed by atoms with Crippen molar-refractivity contribution < 1.29 is 4.79 Å². The first-order chi connectivity index (χ1) is 14.1. The van der Waals surface area contributed by atoms with E-state index in [1.54, 1.807) is 0 Å². The number of carbonyl (C=O) groups is 1. The highest BCUT2D eigenvalue weighted by Crippen LogP contribution is 2.34. The lowest BCUT2D eigenvalue weighted by Crippen LogP contribution is -2.27. The quantitative estimate of drug-likeness (QED) is 0.661. The molecule has 1 unspecified atom stereocenters. The van der Waals surface area contributed by atoms with Gasteiger partial charge in [-0.2, -0.15) is 0 Å². The van der Waals surface area contributed by atoms with Crippen LogP contribution < -0.4 is 16.4 Å². The van der Waals surface area contributed by atoms with E-state index in [9.17, 15) is 4.79 Å². The minimum absolute atomic E-state index is 0.0436. The fourth-order valence-electron chi connectivity index (χ4n) is 3.07. The first-order valence-electron chi connectivity index (χ1n) is 10.0. The molecule has 0 fully saturated rings. The van der Waals surface area contributed by atoms with Crippen LogP contribution in [0, 0.1) is 5.41 Å². The minimum atomic E-state index is -0.486. The van der Waals surface area contributed by atoms with E-state index < -0.39 is 5.41 Å². The van der Waals surface area contributed by atoms with Gasteiger partial charge in [0.15, 0.2) is 5.82 Å². The van der Waals surface area contributed by atoms with Gasteiger partial charge in [0.1, 0.15) is 5.82 Å². The fraction of sp³-hybridized carbons (Fsp3) is 0.348. The number of fused-ring (bicyclic) bond motifs is 3. The van der Waals surface area contributed by atoms with Crippen molar-refractivity contribution in [3.63, 3.8) is 0 Å². The summed E-state index contributed by atoms with van der Waals surface area (Å²) in [4.78, 5) is 12.5. The molecule has 4 N–H and O–H groups in total. The number of benzene rings is 1. The zero-order valence-corrected chi connectivity index (χ0v) is 18.3. The van der Waals surface area contributed by atoms with Crippen LogP contribution in [0.3, 0.4) is 0 Å². The van der Waals surface area contributed by atoms with Crippen molar-refractivity contribution in [1.29, 1.82) is 0 Å². The molecule has 2 heterocycles.